The maximum absolute atomic E-state index is 13.4. The predicted octanol–water partition coefficient (Wildman–Crippen LogP) is 3.83. The molecule has 2 heterocycles. The van der Waals surface area contributed by atoms with Gasteiger partial charge in [-0.05, 0) is 29.8 Å². The number of para-hydroxylation sites is 1. The highest BCUT2D eigenvalue weighted by Crippen LogP contribution is 2.46. The van der Waals surface area contributed by atoms with Crippen molar-refractivity contribution in [2.24, 2.45) is 4.36 Å². The molecule has 0 saturated heterocycles. The fourth-order valence-electron chi connectivity index (χ4n) is 2.87. The lowest BCUT2D eigenvalue weighted by molar-refractivity contribution is -0.286. The molecule has 1 aromatic heterocycles. The molecule has 1 aliphatic rings. The molecule has 30 heavy (non-hydrogen) atoms. The van der Waals surface area contributed by atoms with E-state index in [1.54, 1.807) is 24.5 Å². The molecule has 156 valence electrons. The average molecular weight is 433 g/mol. The van der Waals surface area contributed by atoms with Gasteiger partial charge in [-0.15, -0.1) is 8.78 Å². The second-order valence-corrected chi connectivity index (χ2v) is 9.12. The summed E-state index contributed by atoms with van der Waals surface area (Å²) in [6.07, 6.45) is -0.883. The van der Waals surface area contributed by atoms with E-state index in [0.29, 0.717) is 11.4 Å². The van der Waals surface area contributed by atoms with Crippen molar-refractivity contribution in [1.82, 2.24) is 15.0 Å². The first-order chi connectivity index (χ1) is 14.2. The van der Waals surface area contributed by atoms with Crippen LogP contribution in [0.1, 0.15) is 5.56 Å². The molecule has 0 aliphatic carbocycles. The van der Waals surface area contributed by atoms with Crippen molar-refractivity contribution in [2.75, 3.05) is 18.6 Å². The second-order valence-electron chi connectivity index (χ2n) is 6.54. The minimum atomic E-state index is -3.74. The normalized spacial score (nSPS) is 16.0. The molecular formula is C19H17F2N5O3S. The van der Waals surface area contributed by atoms with Crippen molar-refractivity contribution in [3.05, 3.63) is 54.4 Å². The van der Waals surface area contributed by atoms with E-state index in [9.17, 15) is 13.0 Å². The zero-order valence-electron chi connectivity index (χ0n) is 16.0. The topological polar surface area (TPSA) is 98.6 Å². The number of hydrogen-bond donors (Lipinski definition) is 1. The lowest BCUT2D eigenvalue weighted by atomic mass is 10.2. The summed E-state index contributed by atoms with van der Waals surface area (Å²) in [4.78, 5) is 12.4. The molecule has 4 rings (SSSR count). The van der Waals surface area contributed by atoms with Crippen molar-refractivity contribution < 1.29 is 22.5 Å². The number of fused-ring (bicyclic) bond motifs is 1. The van der Waals surface area contributed by atoms with Crippen LogP contribution in [0.4, 0.5) is 20.4 Å². The maximum atomic E-state index is 13.4. The van der Waals surface area contributed by atoms with Crippen LogP contribution in [-0.4, -0.2) is 38.8 Å². The summed E-state index contributed by atoms with van der Waals surface area (Å²) in [6.45, 7) is 0. The highest BCUT2D eigenvalue weighted by molar-refractivity contribution is 7.92. The first-order valence-electron chi connectivity index (χ1n) is 8.77. The van der Waals surface area contributed by atoms with Crippen molar-refractivity contribution >= 4 is 21.4 Å². The van der Waals surface area contributed by atoms with E-state index in [2.05, 4.69) is 34.1 Å². The Morgan fingerprint density at radius 3 is 2.77 bits per heavy atom. The van der Waals surface area contributed by atoms with Crippen molar-refractivity contribution in [3.8, 4) is 22.9 Å². The Labute approximate surface area is 171 Å². The van der Waals surface area contributed by atoms with Gasteiger partial charge in [0.25, 0.3) is 0 Å². The van der Waals surface area contributed by atoms with E-state index in [1.165, 1.54) is 19.4 Å². The SMILES string of the molecule is CN=S(C)(=O)Cc1cccc(Nc2ncnc(-c3cccc4c3OC(F)(F)O4)n2)c1. The summed E-state index contributed by atoms with van der Waals surface area (Å²) in [6, 6.07) is 11.7. The largest absolute Gasteiger partial charge is 0.586 e. The summed E-state index contributed by atoms with van der Waals surface area (Å²) in [5.74, 6) is 0.427. The van der Waals surface area contributed by atoms with Gasteiger partial charge < -0.3 is 14.8 Å². The Morgan fingerprint density at radius 1 is 1.17 bits per heavy atom. The van der Waals surface area contributed by atoms with E-state index in [1.807, 2.05) is 18.2 Å². The molecule has 0 radical (unpaired) electrons. The number of halogens is 2. The first kappa shape index (κ1) is 20.0. The van der Waals surface area contributed by atoms with E-state index < -0.39 is 16.0 Å². The number of benzene rings is 2. The second kappa shape index (κ2) is 7.48. The van der Waals surface area contributed by atoms with Gasteiger partial charge in [0, 0.05) is 28.7 Å². The average Bonchev–Trinajstić information content (AvgIpc) is 3.02. The number of rotatable bonds is 5. The van der Waals surface area contributed by atoms with Gasteiger partial charge in [0.1, 0.15) is 6.33 Å². The van der Waals surface area contributed by atoms with E-state index in [4.69, 9.17) is 0 Å². The van der Waals surface area contributed by atoms with Gasteiger partial charge in [-0.1, -0.05) is 18.2 Å². The molecule has 1 aliphatic heterocycles. The van der Waals surface area contributed by atoms with Crippen LogP contribution >= 0.6 is 0 Å². The number of nitrogens with zero attached hydrogens (tertiary/aromatic N) is 4. The van der Waals surface area contributed by atoms with Gasteiger partial charge in [0.05, 0.1) is 11.3 Å². The van der Waals surface area contributed by atoms with Crippen molar-refractivity contribution in [3.63, 3.8) is 0 Å². The molecule has 0 saturated carbocycles. The van der Waals surface area contributed by atoms with Gasteiger partial charge in [-0.2, -0.15) is 4.98 Å². The quantitative estimate of drug-likeness (QED) is 0.653. The van der Waals surface area contributed by atoms with Gasteiger partial charge in [-0.25, -0.2) is 18.5 Å². The third kappa shape index (κ3) is 4.30. The first-order valence-corrected chi connectivity index (χ1v) is 10.9. The standard InChI is InChI=1S/C19H17F2N5O3S/c1-22-30(2,27)10-12-5-3-6-13(9-12)25-18-24-11-23-17(26-18)14-7-4-8-15-16(14)29-19(20,21)28-15/h3-9,11H,10H2,1-2H3,(H,23,24,25,26). The summed E-state index contributed by atoms with van der Waals surface area (Å²) in [7, 11) is -0.772. The van der Waals surface area contributed by atoms with E-state index in [-0.39, 0.29) is 28.8 Å². The lowest BCUT2D eigenvalue weighted by Crippen LogP contribution is -2.26. The van der Waals surface area contributed by atoms with Crippen LogP contribution < -0.4 is 14.8 Å². The minimum Gasteiger partial charge on any atom is -0.395 e. The highest BCUT2D eigenvalue weighted by atomic mass is 32.2. The molecule has 1 N–H and O–H groups in total. The zero-order valence-corrected chi connectivity index (χ0v) is 16.8. The molecule has 0 fully saturated rings. The number of aromatic nitrogens is 3. The van der Waals surface area contributed by atoms with Crippen LogP contribution in [-0.2, 0) is 15.5 Å². The summed E-state index contributed by atoms with van der Waals surface area (Å²) in [5, 5.41) is 3.04. The van der Waals surface area contributed by atoms with Crippen LogP contribution in [0.5, 0.6) is 11.5 Å². The molecule has 2 aromatic carbocycles. The molecule has 0 bridgehead atoms. The zero-order chi connectivity index (χ0) is 21.4. The van der Waals surface area contributed by atoms with Crippen LogP contribution in [0.25, 0.3) is 11.4 Å². The number of hydrogen-bond acceptors (Lipinski definition) is 8. The fraction of sp³-hybridized carbons (Fsp3) is 0.211. The smallest absolute Gasteiger partial charge is 0.395 e. The number of alkyl halides is 2. The van der Waals surface area contributed by atoms with Crippen molar-refractivity contribution in [2.45, 2.75) is 12.0 Å². The molecule has 1 unspecified atom stereocenters. The Hall–Kier alpha value is -3.34. The van der Waals surface area contributed by atoms with Crippen LogP contribution in [0, 0.1) is 0 Å². The van der Waals surface area contributed by atoms with Crippen molar-refractivity contribution in [1.29, 1.82) is 0 Å². The molecule has 11 heteroatoms. The van der Waals surface area contributed by atoms with E-state index in [0.717, 1.165) is 5.56 Å². The molecule has 1 atom stereocenters. The summed E-state index contributed by atoms with van der Waals surface area (Å²) in [5.41, 5.74) is 1.75. The summed E-state index contributed by atoms with van der Waals surface area (Å²) >= 11 is 0. The van der Waals surface area contributed by atoms with Crippen LogP contribution in [0.3, 0.4) is 0 Å². The minimum absolute atomic E-state index is 0.0929. The van der Waals surface area contributed by atoms with Gasteiger partial charge >= 0.3 is 6.29 Å². The number of nitrogens with one attached hydrogen (secondary N) is 1. The van der Waals surface area contributed by atoms with Gasteiger partial charge in [0.2, 0.25) is 5.95 Å². The van der Waals surface area contributed by atoms with E-state index >= 15 is 0 Å². The molecule has 0 amide bonds. The van der Waals surface area contributed by atoms with Gasteiger partial charge in [-0.3, -0.25) is 0 Å². The Morgan fingerprint density at radius 2 is 1.97 bits per heavy atom. The molecular weight excluding hydrogens is 416 g/mol. The monoisotopic (exact) mass is 433 g/mol. The molecule has 3 aromatic rings. The molecule has 8 nitrogen and oxygen atoms in total. The summed E-state index contributed by atoms with van der Waals surface area (Å²) < 4.78 is 52.1. The highest BCUT2D eigenvalue weighted by Gasteiger charge is 2.44. The Balaban J connectivity index is 1.61. The van der Waals surface area contributed by atoms with Crippen LogP contribution in [0.2, 0.25) is 0 Å². The fourth-order valence-corrected chi connectivity index (χ4v) is 3.80. The Kier molecular flexibility index (Phi) is 4.98. The molecule has 0 spiro atoms. The predicted molar refractivity (Wildman–Crippen MR) is 107 cm³/mol. The lowest BCUT2D eigenvalue weighted by Gasteiger charge is -2.09. The number of ether oxygens (including phenoxy) is 2. The maximum Gasteiger partial charge on any atom is 0.586 e. The Bertz CT molecular complexity index is 1230. The third-order valence-electron chi connectivity index (χ3n) is 4.25. The number of anilines is 2. The van der Waals surface area contributed by atoms with Crippen LogP contribution in [0.15, 0.2) is 53.2 Å². The van der Waals surface area contributed by atoms with Gasteiger partial charge in [0.15, 0.2) is 17.3 Å². The third-order valence-corrected chi connectivity index (χ3v) is 5.89.